The Bertz CT molecular complexity index is 376. The van der Waals surface area contributed by atoms with Crippen molar-refractivity contribution in [3.8, 4) is 5.75 Å². The third-order valence-corrected chi connectivity index (χ3v) is 2.84. The van der Waals surface area contributed by atoms with E-state index in [2.05, 4.69) is 5.32 Å². The molecular weight excluding hydrogens is 209 g/mol. The first-order valence-electron chi connectivity index (χ1n) is 5.38. The van der Waals surface area contributed by atoms with Gasteiger partial charge in [-0.1, -0.05) is 0 Å². The van der Waals surface area contributed by atoms with E-state index in [4.69, 9.17) is 9.47 Å². The lowest BCUT2D eigenvalue weighted by Crippen LogP contribution is -2.33. The Morgan fingerprint density at radius 2 is 2.31 bits per heavy atom. The zero-order chi connectivity index (χ0) is 11.5. The van der Waals surface area contributed by atoms with Gasteiger partial charge in [-0.3, -0.25) is 0 Å². The molecule has 4 heteroatoms. The summed E-state index contributed by atoms with van der Waals surface area (Å²) in [6.45, 7) is 3.92. The molecule has 1 aromatic carbocycles. The average molecular weight is 225 g/mol. The Morgan fingerprint density at radius 1 is 1.50 bits per heavy atom. The fourth-order valence-corrected chi connectivity index (χ4v) is 1.85. The normalized spacial score (nSPS) is 20.8. The first kappa shape index (κ1) is 11.4. The zero-order valence-electron chi connectivity index (χ0n) is 9.55. The first-order chi connectivity index (χ1) is 7.72. The van der Waals surface area contributed by atoms with Gasteiger partial charge in [0.05, 0.1) is 19.8 Å². The van der Waals surface area contributed by atoms with Crippen LogP contribution in [0, 0.1) is 12.7 Å². The van der Waals surface area contributed by atoms with Gasteiger partial charge < -0.3 is 14.8 Å². The SMILES string of the molecule is COc1cc(C2CNCCO2)cc(F)c1C. The lowest BCUT2D eigenvalue weighted by Gasteiger charge is -2.24. The molecule has 1 fully saturated rings. The van der Waals surface area contributed by atoms with Crippen molar-refractivity contribution in [2.24, 2.45) is 0 Å². The number of ether oxygens (including phenoxy) is 2. The van der Waals surface area contributed by atoms with Gasteiger partial charge in [0.15, 0.2) is 0 Å². The lowest BCUT2D eigenvalue weighted by molar-refractivity contribution is 0.0274. The highest BCUT2D eigenvalue weighted by Crippen LogP contribution is 2.28. The minimum absolute atomic E-state index is 0.0854. The molecule has 0 bridgehead atoms. The van der Waals surface area contributed by atoms with Gasteiger partial charge in [-0.2, -0.15) is 0 Å². The molecule has 1 atom stereocenters. The smallest absolute Gasteiger partial charge is 0.130 e. The van der Waals surface area contributed by atoms with Crippen LogP contribution < -0.4 is 10.1 Å². The standard InChI is InChI=1S/C12H16FNO2/c1-8-10(13)5-9(6-11(8)15-2)12-7-14-3-4-16-12/h5-6,12,14H,3-4,7H2,1-2H3. The van der Waals surface area contributed by atoms with Gasteiger partial charge in [-0.25, -0.2) is 4.39 Å². The third kappa shape index (κ3) is 2.18. The monoisotopic (exact) mass is 225 g/mol. The van der Waals surface area contributed by atoms with Crippen LogP contribution in [0.2, 0.25) is 0 Å². The number of hydrogen-bond donors (Lipinski definition) is 1. The molecule has 0 aromatic heterocycles. The third-order valence-electron chi connectivity index (χ3n) is 2.84. The molecule has 1 aliphatic heterocycles. The summed E-state index contributed by atoms with van der Waals surface area (Å²) in [5.41, 5.74) is 1.36. The van der Waals surface area contributed by atoms with E-state index >= 15 is 0 Å². The van der Waals surface area contributed by atoms with Crippen molar-refractivity contribution in [1.29, 1.82) is 0 Å². The first-order valence-corrected chi connectivity index (χ1v) is 5.38. The Morgan fingerprint density at radius 3 is 2.94 bits per heavy atom. The Hall–Kier alpha value is -1.13. The van der Waals surface area contributed by atoms with Crippen LogP contribution in [0.25, 0.3) is 0 Å². The molecule has 16 heavy (non-hydrogen) atoms. The summed E-state index contributed by atoms with van der Waals surface area (Å²) in [5, 5.41) is 3.22. The molecule has 1 saturated heterocycles. The summed E-state index contributed by atoms with van der Waals surface area (Å²) in [6.07, 6.45) is -0.0854. The molecular formula is C12H16FNO2. The summed E-state index contributed by atoms with van der Waals surface area (Å²) in [7, 11) is 1.55. The molecule has 1 aliphatic rings. The molecule has 0 spiro atoms. The van der Waals surface area contributed by atoms with Gasteiger partial charge in [0.2, 0.25) is 0 Å². The van der Waals surface area contributed by atoms with E-state index in [1.807, 2.05) is 6.07 Å². The maximum absolute atomic E-state index is 13.6. The fraction of sp³-hybridized carbons (Fsp3) is 0.500. The number of methoxy groups -OCH3 is 1. The average Bonchev–Trinajstić information content (AvgIpc) is 2.33. The molecule has 2 rings (SSSR count). The predicted octanol–water partition coefficient (Wildman–Crippen LogP) is 1.80. The molecule has 0 amide bonds. The summed E-state index contributed by atoms with van der Waals surface area (Å²) in [5.74, 6) is 0.327. The van der Waals surface area contributed by atoms with Gasteiger partial charge in [0.25, 0.3) is 0 Å². The molecule has 0 aliphatic carbocycles. The van der Waals surface area contributed by atoms with Gasteiger partial charge in [0.1, 0.15) is 11.6 Å². The van der Waals surface area contributed by atoms with Crippen molar-refractivity contribution < 1.29 is 13.9 Å². The molecule has 1 aromatic rings. The van der Waals surface area contributed by atoms with Crippen molar-refractivity contribution in [3.63, 3.8) is 0 Å². The predicted molar refractivity (Wildman–Crippen MR) is 59.3 cm³/mol. The van der Waals surface area contributed by atoms with Crippen LogP contribution in [-0.4, -0.2) is 26.8 Å². The van der Waals surface area contributed by atoms with Crippen LogP contribution in [0.5, 0.6) is 5.75 Å². The van der Waals surface area contributed by atoms with Crippen LogP contribution in [0.1, 0.15) is 17.2 Å². The van der Waals surface area contributed by atoms with Crippen LogP contribution in [-0.2, 0) is 4.74 Å². The molecule has 1 N–H and O–H groups in total. The van der Waals surface area contributed by atoms with Crippen molar-refractivity contribution in [2.75, 3.05) is 26.8 Å². The second kappa shape index (κ2) is 4.80. The van der Waals surface area contributed by atoms with Crippen molar-refractivity contribution >= 4 is 0 Å². The molecule has 0 saturated carbocycles. The van der Waals surface area contributed by atoms with Gasteiger partial charge in [0, 0.05) is 18.7 Å². The van der Waals surface area contributed by atoms with Crippen molar-refractivity contribution in [3.05, 3.63) is 29.1 Å². The molecule has 0 radical (unpaired) electrons. The molecule has 3 nitrogen and oxygen atoms in total. The minimum atomic E-state index is -0.247. The van der Waals surface area contributed by atoms with Gasteiger partial charge in [-0.15, -0.1) is 0 Å². The summed E-state index contributed by atoms with van der Waals surface area (Å²) < 4.78 is 24.3. The Kier molecular flexibility index (Phi) is 3.41. The molecule has 88 valence electrons. The van der Waals surface area contributed by atoms with E-state index in [9.17, 15) is 4.39 Å². The highest BCUT2D eigenvalue weighted by atomic mass is 19.1. The molecule has 1 heterocycles. The maximum Gasteiger partial charge on any atom is 0.130 e. The van der Waals surface area contributed by atoms with Crippen molar-refractivity contribution in [2.45, 2.75) is 13.0 Å². The van der Waals surface area contributed by atoms with Crippen LogP contribution in [0.3, 0.4) is 0 Å². The number of morpholine rings is 1. The van der Waals surface area contributed by atoms with E-state index in [1.165, 1.54) is 6.07 Å². The maximum atomic E-state index is 13.6. The van der Waals surface area contributed by atoms with E-state index in [0.717, 1.165) is 12.1 Å². The van der Waals surface area contributed by atoms with Crippen LogP contribution in [0.4, 0.5) is 4.39 Å². The second-order valence-corrected chi connectivity index (χ2v) is 3.89. The molecule has 1 unspecified atom stereocenters. The number of benzene rings is 1. The largest absolute Gasteiger partial charge is 0.496 e. The number of nitrogens with one attached hydrogen (secondary N) is 1. The second-order valence-electron chi connectivity index (χ2n) is 3.89. The van der Waals surface area contributed by atoms with Gasteiger partial charge in [-0.05, 0) is 24.6 Å². The summed E-state index contributed by atoms with van der Waals surface area (Å²) in [6, 6.07) is 3.37. The van der Waals surface area contributed by atoms with E-state index in [0.29, 0.717) is 24.5 Å². The topological polar surface area (TPSA) is 30.5 Å². The summed E-state index contributed by atoms with van der Waals surface area (Å²) >= 11 is 0. The van der Waals surface area contributed by atoms with E-state index in [1.54, 1.807) is 14.0 Å². The highest BCUT2D eigenvalue weighted by Gasteiger charge is 2.18. The van der Waals surface area contributed by atoms with Crippen LogP contribution in [0.15, 0.2) is 12.1 Å². The lowest BCUT2D eigenvalue weighted by atomic mass is 10.0. The van der Waals surface area contributed by atoms with E-state index in [-0.39, 0.29) is 11.9 Å². The summed E-state index contributed by atoms with van der Waals surface area (Å²) in [4.78, 5) is 0. The quantitative estimate of drug-likeness (QED) is 0.832. The minimum Gasteiger partial charge on any atom is -0.496 e. The Balaban J connectivity index is 2.29. The highest BCUT2D eigenvalue weighted by molar-refractivity contribution is 5.38. The number of hydrogen-bond acceptors (Lipinski definition) is 3. The van der Waals surface area contributed by atoms with Gasteiger partial charge >= 0.3 is 0 Å². The fourth-order valence-electron chi connectivity index (χ4n) is 1.85. The Labute approximate surface area is 94.6 Å². The number of halogens is 1. The van der Waals surface area contributed by atoms with E-state index < -0.39 is 0 Å². The zero-order valence-corrected chi connectivity index (χ0v) is 9.55. The number of rotatable bonds is 2. The van der Waals surface area contributed by atoms with Crippen LogP contribution >= 0.6 is 0 Å². The van der Waals surface area contributed by atoms with Crippen molar-refractivity contribution in [1.82, 2.24) is 5.32 Å².